The lowest BCUT2D eigenvalue weighted by Gasteiger charge is -2.11. The van der Waals surface area contributed by atoms with Crippen molar-refractivity contribution in [3.8, 4) is 0 Å². The molecule has 0 radical (unpaired) electrons. The summed E-state index contributed by atoms with van der Waals surface area (Å²) in [5, 5.41) is 0. The molecule has 0 aliphatic rings. The Balaban J connectivity index is 2.70. The Labute approximate surface area is 88.5 Å². The quantitative estimate of drug-likeness (QED) is 0.801. The minimum atomic E-state index is -4.40. The first-order valence-electron chi connectivity index (χ1n) is 4.63. The van der Waals surface area contributed by atoms with E-state index in [1.165, 1.54) is 6.07 Å². The molecule has 0 atom stereocenters. The van der Waals surface area contributed by atoms with Crippen LogP contribution in [0.1, 0.15) is 5.56 Å². The fourth-order valence-corrected chi connectivity index (χ4v) is 1.71. The van der Waals surface area contributed by atoms with Crippen molar-refractivity contribution in [3.63, 3.8) is 0 Å². The Bertz CT molecular complexity index is 580. The van der Waals surface area contributed by atoms with Gasteiger partial charge in [0.25, 0.3) is 5.56 Å². The van der Waals surface area contributed by atoms with Crippen molar-refractivity contribution in [2.75, 3.05) is 0 Å². The summed E-state index contributed by atoms with van der Waals surface area (Å²) in [6.45, 7) is 0.396. The van der Waals surface area contributed by atoms with Gasteiger partial charge in [-0.1, -0.05) is 0 Å². The van der Waals surface area contributed by atoms with E-state index in [0.717, 1.165) is 10.6 Å². The van der Waals surface area contributed by atoms with Crippen molar-refractivity contribution in [1.82, 2.24) is 9.55 Å². The Kier molecular flexibility index (Phi) is 2.29. The van der Waals surface area contributed by atoms with Crippen LogP contribution in [0.15, 0.2) is 23.1 Å². The number of aryl methyl sites for hydroxylation is 1. The summed E-state index contributed by atoms with van der Waals surface area (Å²) in [6, 6.07) is 2.61. The molecule has 0 aliphatic carbocycles. The van der Waals surface area contributed by atoms with Crippen LogP contribution >= 0.6 is 0 Å². The number of alkyl halides is 3. The van der Waals surface area contributed by atoms with Gasteiger partial charge in [-0.3, -0.25) is 9.36 Å². The summed E-state index contributed by atoms with van der Waals surface area (Å²) in [6.07, 6.45) is -2.82. The van der Waals surface area contributed by atoms with Crippen LogP contribution in [0.5, 0.6) is 0 Å². The normalized spacial score (nSPS) is 12.2. The van der Waals surface area contributed by atoms with Gasteiger partial charge < -0.3 is 4.98 Å². The first-order valence-corrected chi connectivity index (χ1v) is 4.63. The van der Waals surface area contributed by atoms with Crippen LogP contribution in [-0.2, 0) is 6.54 Å². The van der Waals surface area contributed by atoms with Gasteiger partial charge >= 0.3 is 6.18 Å². The number of hydrogen-bond donors (Lipinski definition) is 1. The van der Waals surface area contributed by atoms with Gasteiger partial charge in [0.2, 0.25) is 0 Å². The fraction of sp³-hybridized carbons (Fsp3) is 0.300. The van der Waals surface area contributed by atoms with Gasteiger partial charge in [-0.25, -0.2) is 0 Å². The second-order valence-corrected chi connectivity index (χ2v) is 3.61. The number of rotatable bonds is 1. The molecule has 0 saturated carbocycles. The van der Waals surface area contributed by atoms with Gasteiger partial charge in [-0.05, 0) is 18.6 Å². The zero-order valence-corrected chi connectivity index (χ0v) is 8.43. The third kappa shape index (κ3) is 1.82. The smallest absolute Gasteiger partial charge is 0.360 e. The molecule has 2 aromatic heterocycles. The van der Waals surface area contributed by atoms with Crippen molar-refractivity contribution >= 4 is 11.0 Å². The highest BCUT2D eigenvalue weighted by atomic mass is 19.4. The maximum atomic E-state index is 12.3. The molecule has 0 amide bonds. The van der Waals surface area contributed by atoms with Crippen LogP contribution in [0, 0.1) is 6.92 Å². The van der Waals surface area contributed by atoms with E-state index in [1.807, 2.05) is 0 Å². The second kappa shape index (κ2) is 3.40. The zero-order chi connectivity index (χ0) is 11.9. The van der Waals surface area contributed by atoms with Crippen LogP contribution < -0.4 is 5.56 Å². The molecule has 16 heavy (non-hydrogen) atoms. The highest BCUT2D eigenvalue weighted by Crippen LogP contribution is 2.21. The average molecular weight is 230 g/mol. The van der Waals surface area contributed by atoms with Crippen molar-refractivity contribution in [2.45, 2.75) is 19.6 Å². The summed E-state index contributed by atoms with van der Waals surface area (Å²) in [7, 11) is 0. The Hall–Kier alpha value is -1.72. The lowest BCUT2D eigenvalue weighted by atomic mass is 10.3. The van der Waals surface area contributed by atoms with Crippen LogP contribution in [0.2, 0.25) is 0 Å². The number of hydrogen-bond acceptors (Lipinski definition) is 1. The summed E-state index contributed by atoms with van der Waals surface area (Å²) >= 11 is 0. The molecule has 0 aliphatic heterocycles. The average Bonchev–Trinajstić information content (AvgIpc) is 2.51. The van der Waals surface area contributed by atoms with E-state index >= 15 is 0 Å². The number of aromatic nitrogens is 2. The predicted molar refractivity (Wildman–Crippen MR) is 53.4 cm³/mol. The van der Waals surface area contributed by atoms with Crippen molar-refractivity contribution in [2.24, 2.45) is 0 Å². The number of nitrogens with zero attached hydrogens (tertiary/aromatic N) is 1. The Morgan fingerprint density at radius 1 is 1.38 bits per heavy atom. The van der Waals surface area contributed by atoms with Crippen LogP contribution in [0.4, 0.5) is 13.2 Å². The van der Waals surface area contributed by atoms with Crippen LogP contribution in [-0.4, -0.2) is 15.7 Å². The number of halogens is 3. The molecule has 0 bridgehead atoms. The van der Waals surface area contributed by atoms with E-state index in [4.69, 9.17) is 0 Å². The molecule has 86 valence electrons. The lowest BCUT2D eigenvalue weighted by Crippen LogP contribution is -2.27. The van der Waals surface area contributed by atoms with Gasteiger partial charge in [0, 0.05) is 12.3 Å². The zero-order valence-electron chi connectivity index (χ0n) is 8.43. The molecule has 1 N–H and O–H groups in total. The third-order valence-corrected chi connectivity index (χ3v) is 2.34. The molecule has 2 heterocycles. The number of fused-ring (bicyclic) bond motifs is 1. The number of H-pyrrole nitrogens is 1. The third-order valence-electron chi connectivity index (χ3n) is 2.34. The number of pyridine rings is 1. The van der Waals surface area contributed by atoms with Gasteiger partial charge in [0.15, 0.2) is 0 Å². The van der Waals surface area contributed by atoms with Gasteiger partial charge in [-0.2, -0.15) is 13.2 Å². The Morgan fingerprint density at radius 2 is 2.06 bits per heavy atom. The van der Waals surface area contributed by atoms with E-state index in [1.54, 1.807) is 13.1 Å². The van der Waals surface area contributed by atoms with Gasteiger partial charge in [0.1, 0.15) is 6.54 Å². The molecule has 0 fully saturated rings. The highest BCUT2D eigenvalue weighted by molar-refractivity contribution is 5.79. The summed E-state index contributed by atoms with van der Waals surface area (Å²) in [4.78, 5) is 14.2. The SMILES string of the molecule is Cc1c[nH]c2ccc(=O)n(CC(F)(F)F)c12. The molecular formula is C10H9F3N2O. The predicted octanol–water partition coefficient (Wildman–Crippen LogP) is 2.20. The minimum Gasteiger partial charge on any atom is -0.360 e. The van der Waals surface area contributed by atoms with Crippen LogP contribution in [0.25, 0.3) is 11.0 Å². The standard InChI is InChI=1S/C10H9F3N2O/c1-6-4-14-7-2-3-8(16)15(9(6)7)5-10(11,12)13/h2-4,14H,5H2,1H3. The first-order chi connectivity index (χ1) is 7.38. The number of aromatic amines is 1. The van der Waals surface area contributed by atoms with E-state index in [9.17, 15) is 18.0 Å². The van der Waals surface area contributed by atoms with E-state index < -0.39 is 18.3 Å². The summed E-state index contributed by atoms with van der Waals surface area (Å²) < 4.78 is 37.7. The fourth-order valence-electron chi connectivity index (χ4n) is 1.71. The van der Waals surface area contributed by atoms with Gasteiger partial charge in [-0.15, -0.1) is 0 Å². The van der Waals surface area contributed by atoms with Gasteiger partial charge in [0.05, 0.1) is 11.0 Å². The summed E-state index contributed by atoms with van der Waals surface area (Å²) in [5.41, 5.74) is 0.815. The molecule has 3 nitrogen and oxygen atoms in total. The molecule has 0 unspecified atom stereocenters. The highest BCUT2D eigenvalue weighted by Gasteiger charge is 2.29. The molecule has 6 heteroatoms. The molecule has 0 saturated heterocycles. The molecule has 2 aromatic rings. The summed E-state index contributed by atoms with van der Waals surface area (Å²) in [5.74, 6) is 0. The topological polar surface area (TPSA) is 37.8 Å². The Morgan fingerprint density at radius 3 is 2.69 bits per heavy atom. The minimum absolute atomic E-state index is 0.310. The number of nitrogens with one attached hydrogen (secondary N) is 1. The molecule has 2 rings (SSSR count). The van der Waals surface area contributed by atoms with Crippen LogP contribution in [0.3, 0.4) is 0 Å². The molecule has 0 aromatic carbocycles. The molecular weight excluding hydrogens is 221 g/mol. The maximum absolute atomic E-state index is 12.3. The van der Waals surface area contributed by atoms with Crippen molar-refractivity contribution in [1.29, 1.82) is 0 Å². The maximum Gasteiger partial charge on any atom is 0.406 e. The lowest BCUT2D eigenvalue weighted by molar-refractivity contribution is -0.140. The monoisotopic (exact) mass is 230 g/mol. The molecule has 0 spiro atoms. The van der Waals surface area contributed by atoms with E-state index in [2.05, 4.69) is 4.98 Å². The first kappa shape index (κ1) is 10.8. The van der Waals surface area contributed by atoms with Crippen molar-refractivity contribution in [3.05, 3.63) is 34.2 Å². The van der Waals surface area contributed by atoms with E-state index in [0.29, 0.717) is 16.6 Å². The van der Waals surface area contributed by atoms with E-state index in [-0.39, 0.29) is 0 Å². The second-order valence-electron chi connectivity index (χ2n) is 3.61. The largest absolute Gasteiger partial charge is 0.406 e. The van der Waals surface area contributed by atoms with Crippen molar-refractivity contribution < 1.29 is 13.2 Å².